The Balaban J connectivity index is 2.22. The first kappa shape index (κ1) is 12.3. The van der Waals surface area contributed by atoms with Gasteiger partial charge in [0.1, 0.15) is 6.04 Å². The number of aliphatic carboxylic acids is 1. The van der Waals surface area contributed by atoms with Crippen molar-refractivity contribution in [2.45, 2.75) is 25.8 Å². The molecule has 1 aliphatic carbocycles. The first-order valence-electron chi connectivity index (χ1n) is 5.73. The predicted molar refractivity (Wildman–Crippen MR) is 65.6 cm³/mol. The van der Waals surface area contributed by atoms with E-state index in [9.17, 15) is 14.9 Å². The number of non-ortho nitro benzene ring substituents is 1. The van der Waals surface area contributed by atoms with Crippen molar-refractivity contribution in [3.8, 4) is 0 Å². The highest BCUT2D eigenvalue weighted by molar-refractivity contribution is 5.78. The van der Waals surface area contributed by atoms with Gasteiger partial charge in [-0.15, -0.1) is 0 Å². The minimum Gasteiger partial charge on any atom is -0.480 e. The molecule has 2 rings (SSSR count). The molecule has 1 unspecified atom stereocenters. The predicted octanol–water partition coefficient (Wildman–Crippen LogP) is 2.18. The number of hydrogen-bond acceptors (Lipinski definition) is 4. The zero-order valence-electron chi connectivity index (χ0n) is 9.92. The highest BCUT2D eigenvalue weighted by Gasteiger charge is 2.36. The number of anilines is 1. The summed E-state index contributed by atoms with van der Waals surface area (Å²) in [6.45, 7) is 1.74. The number of benzene rings is 1. The number of hydrogen-bond donors (Lipinski definition) is 2. The van der Waals surface area contributed by atoms with Crippen LogP contribution in [0.2, 0.25) is 0 Å². The maximum absolute atomic E-state index is 11.1. The molecule has 96 valence electrons. The summed E-state index contributed by atoms with van der Waals surface area (Å²) in [6, 6.07) is 3.88. The molecule has 6 nitrogen and oxygen atoms in total. The smallest absolute Gasteiger partial charge is 0.326 e. The number of carbonyl (C=O) groups is 1. The fraction of sp³-hybridized carbons (Fsp3) is 0.417. The van der Waals surface area contributed by atoms with Crippen LogP contribution in [0.5, 0.6) is 0 Å². The third-order valence-electron chi connectivity index (χ3n) is 2.95. The number of nitrogens with zero attached hydrogens (tertiary/aromatic N) is 1. The van der Waals surface area contributed by atoms with Crippen LogP contribution in [0.25, 0.3) is 0 Å². The SMILES string of the molecule is Cc1cc(NC(C(=O)O)C2CC2)cc([N+](=O)[O-])c1. The molecule has 1 fully saturated rings. The van der Waals surface area contributed by atoms with Gasteiger partial charge in [-0.05, 0) is 37.3 Å². The Morgan fingerprint density at radius 1 is 1.50 bits per heavy atom. The van der Waals surface area contributed by atoms with E-state index >= 15 is 0 Å². The van der Waals surface area contributed by atoms with Gasteiger partial charge in [0.15, 0.2) is 0 Å². The summed E-state index contributed by atoms with van der Waals surface area (Å²) in [5, 5.41) is 22.7. The van der Waals surface area contributed by atoms with Crippen molar-refractivity contribution in [2.75, 3.05) is 5.32 Å². The molecule has 0 radical (unpaired) electrons. The van der Waals surface area contributed by atoms with Gasteiger partial charge in [-0.1, -0.05) is 0 Å². The molecule has 18 heavy (non-hydrogen) atoms. The minimum atomic E-state index is -0.915. The van der Waals surface area contributed by atoms with Gasteiger partial charge in [0.05, 0.1) is 4.92 Å². The molecular weight excluding hydrogens is 236 g/mol. The Bertz CT molecular complexity index is 497. The molecule has 1 aliphatic rings. The standard InChI is InChI=1S/C12H14N2O4/c1-7-4-9(6-10(5-7)14(17)18)13-11(12(15)16)8-2-3-8/h4-6,8,11,13H,2-3H2,1H3,(H,15,16). The van der Waals surface area contributed by atoms with Crippen LogP contribution in [0.1, 0.15) is 18.4 Å². The fourth-order valence-corrected chi connectivity index (χ4v) is 1.94. The van der Waals surface area contributed by atoms with Crippen molar-refractivity contribution >= 4 is 17.3 Å². The number of nitro groups is 1. The van der Waals surface area contributed by atoms with Gasteiger partial charge in [-0.2, -0.15) is 0 Å². The highest BCUT2D eigenvalue weighted by atomic mass is 16.6. The number of aryl methyl sites for hydroxylation is 1. The average Bonchev–Trinajstić information content (AvgIpc) is 3.08. The number of carboxylic acids is 1. The van der Waals surface area contributed by atoms with Crippen molar-refractivity contribution in [1.82, 2.24) is 0 Å². The van der Waals surface area contributed by atoms with Gasteiger partial charge in [0, 0.05) is 17.8 Å². The highest BCUT2D eigenvalue weighted by Crippen LogP contribution is 2.35. The lowest BCUT2D eigenvalue weighted by Crippen LogP contribution is -2.31. The maximum atomic E-state index is 11.1. The van der Waals surface area contributed by atoms with Gasteiger partial charge in [-0.25, -0.2) is 4.79 Å². The largest absolute Gasteiger partial charge is 0.480 e. The Kier molecular flexibility index (Phi) is 3.18. The van der Waals surface area contributed by atoms with E-state index in [0.717, 1.165) is 18.4 Å². The molecule has 0 aliphatic heterocycles. The van der Waals surface area contributed by atoms with E-state index in [-0.39, 0.29) is 11.6 Å². The lowest BCUT2D eigenvalue weighted by Gasteiger charge is -2.15. The second kappa shape index (κ2) is 4.64. The third-order valence-corrected chi connectivity index (χ3v) is 2.95. The summed E-state index contributed by atoms with van der Waals surface area (Å²) in [7, 11) is 0. The van der Waals surface area contributed by atoms with E-state index in [1.165, 1.54) is 12.1 Å². The fourth-order valence-electron chi connectivity index (χ4n) is 1.94. The summed E-state index contributed by atoms with van der Waals surface area (Å²) in [5.74, 6) is -0.788. The molecule has 0 saturated heterocycles. The average molecular weight is 250 g/mol. The molecule has 1 aromatic rings. The van der Waals surface area contributed by atoms with E-state index in [4.69, 9.17) is 5.11 Å². The molecule has 0 amide bonds. The molecule has 1 saturated carbocycles. The number of nitrogens with one attached hydrogen (secondary N) is 1. The number of carboxylic acid groups (broad SMARTS) is 1. The first-order valence-corrected chi connectivity index (χ1v) is 5.73. The summed E-state index contributed by atoms with van der Waals surface area (Å²) in [4.78, 5) is 21.3. The molecule has 1 aromatic carbocycles. The molecule has 2 N–H and O–H groups in total. The Morgan fingerprint density at radius 3 is 2.67 bits per heavy atom. The van der Waals surface area contributed by atoms with Crippen LogP contribution in [0.4, 0.5) is 11.4 Å². The summed E-state index contributed by atoms with van der Waals surface area (Å²) >= 11 is 0. The van der Waals surface area contributed by atoms with Gasteiger partial charge in [-0.3, -0.25) is 10.1 Å². The lowest BCUT2D eigenvalue weighted by molar-refractivity contribution is -0.384. The van der Waals surface area contributed by atoms with Crippen LogP contribution in [0, 0.1) is 23.0 Å². The molecule has 0 bridgehead atoms. The van der Waals surface area contributed by atoms with Gasteiger partial charge >= 0.3 is 5.97 Å². The minimum absolute atomic E-state index is 0.0302. The maximum Gasteiger partial charge on any atom is 0.326 e. The molecule has 1 atom stereocenters. The van der Waals surface area contributed by atoms with E-state index in [0.29, 0.717) is 5.69 Å². The molecular formula is C12H14N2O4. The van der Waals surface area contributed by atoms with Gasteiger partial charge < -0.3 is 10.4 Å². The zero-order valence-corrected chi connectivity index (χ0v) is 9.92. The van der Waals surface area contributed by atoms with E-state index in [2.05, 4.69) is 5.32 Å². The topological polar surface area (TPSA) is 92.5 Å². The Hall–Kier alpha value is -2.11. The van der Waals surface area contributed by atoms with Crippen molar-refractivity contribution in [2.24, 2.45) is 5.92 Å². The van der Waals surface area contributed by atoms with E-state index < -0.39 is 16.9 Å². The van der Waals surface area contributed by atoms with Crippen LogP contribution in [-0.2, 0) is 4.79 Å². The van der Waals surface area contributed by atoms with Crippen LogP contribution >= 0.6 is 0 Å². The quantitative estimate of drug-likeness (QED) is 0.617. The van der Waals surface area contributed by atoms with Crippen molar-refractivity contribution < 1.29 is 14.8 Å². The molecule has 0 spiro atoms. The van der Waals surface area contributed by atoms with E-state index in [1.54, 1.807) is 13.0 Å². The normalized spacial score (nSPS) is 16.1. The molecule has 0 aromatic heterocycles. The Morgan fingerprint density at radius 2 is 2.17 bits per heavy atom. The van der Waals surface area contributed by atoms with Crippen molar-refractivity contribution in [1.29, 1.82) is 0 Å². The zero-order chi connectivity index (χ0) is 13.3. The second-order valence-electron chi connectivity index (χ2n) is 4.61. The van der Waals surface area contributed by atoms with Crippen LogP contribution in [0.3, 0.4) is 0 Å². The van der Waals surface area contributed by atoms with E-state index in [1.807, 2.05) is 0 Å². The Labute approximate surface area is 104 Å². The van der Waals surface area contributed by atoms with Crippen LogP contribution in [-0.4, -0.2) is 22.0 Å². The van der Waals surface area contributed by atoms with Crippen LogP contribution in [0.15, 0.2) is 18.2 Å². The van der Waals surface area contributed by atoms with Gasteiger partial charge in [0.25, 0.3) is 5.69 Å². The van der Waals surface area contributed by atoms with Gasteiger partial charge in [0.2, 0.25) is 0 Å². The summed E-state index contributed by atoms with van der Waals surface area (Å²) < 4.78 is 0. The van der Waals surface area contributed by atoms with Crippen molar-refractivity contribution in [3.63, 3.8) is 0 Å². The molecule has 6 heteroatoms. The molecule has 0 heterocycles. The summed E-state index contributed by atoms with van der Waals surface area (Å²) in [5.41, 5.74) is 1.19. The number of nitro benzene ring substituents is 1. The second-order valence-corrected chi connectivity index (χ2v) is 4.61. The summed E-state index contributed by atoms with van der Waals surface area (Å²) in [6.07, 6.45) is 1.77. The first-order chi connectivity index (χ1) is 8.47. The van der Waals surface area contributed by atoms with Crippen molar-refractivity contribution in [3.05, 3.63) is 33.9 Å². The number of rotatable bonds is 5. The monoisotopic (exact) mass is 250 g/mol. The van der Waals surface area contributed by atoms with Crippen LogP contribution < -0.4 is 5.32 Å². The third kappa shape index (κ3) is 2.77. The lowest BCUT2D eigenvalue weighted by atomic mass is 10.1.